The van der Waals surface area contributed by atoms with Crippen LogP contribution in [-0.2, 0) is 0 Å². The number of allylic oxidation sites excluding steroid dienone is 6. The first kappa shape index (κ1) is 18.3. The van der Waals surface area contributed by atoms with Crippen LogP contribution in [0.2, 0.25) is 19.0 Å². The second-order valence-electron chi connectivity index (χ2n) is 5.37. The molecule has 0 bridgehead atoms. The predicted octanol–water partition coefficient (Wildman–Crippen LogP) is 6.55. The number of rotatable bonds is 12. The Bertz CT molecular complexity index is 208. The van der Waals surface area contributed by atoms with Gasteiger partial charge in [0.05, 0.1) is 0 Å². The van der Waals surface area contributed by atoms with E-state index in [4.69, 9.17) is 0 Å². The highest BCUT2D eigenvalue weighted by molar-refractivity contribution is 6.58. The van der Waals surface area contributed by atoms with Crippen molar-refractivity contribution in [1.29, 1.82) is 0 Å². The largest absolute Gasteiger partial charge is 0.139 e. The second-order valence-corrected chi connectivity index (χ2v) is 5.37. The molecule has 0 nitrogen and oxygen atoms in total. The Morgan fingerprint density at radius 2 is 0.895 bits per heavy atom. The molecule has 0 saturated heterocycles. The van der Waals surface area contributed by atoms with Gasteiger partial charge in [-0.2, -0.15) is 0 Å². The van der Waals surface area contributed by atoms with Crippen molar-refractivity contribution < 1.29 is 0 Å². The number of unbranched alkanes of at least 4 members (excludes halogenated alkanes) is 3. The summed E-state index contributed by atoms with van der Waals surface area (Å²) in [6.45, 7) is 7.30. The van der Waals surface area contributed by atoms with Crippen molar-refractivity contribution in [3.63, 3.8) is 0 Å². The molecule has 0 aliphatic rings. The van der Waals surface area contributed by atoms with Crippen molar-refractivity contribution in [1.82, 2.24) is 0 Å². The minimum absolute atomic E-state index is 0.945. The molecular weight excluding hydrogens is 227 g/mol. The summed E-state index contributed by atoms with van der Waals surface area (Å²) in [6.07, 6.45) is 25.5. The van der Waals surface area contributed by atoms with Crippen LogP contribution in [0.1, 0.15) is 59.3 Å². The van der Waals surface area contributed by atoms with E-state index >= 15 is 0 Å². The standard InChI is InChI=1S/C18H33B/c1-4-7-10-13-16-19(17-14-11-8-5-2)18-15-12-9-6-3/h4-9H,10-18H2,1-3H3/b7-4+,8-5+,9-6+. The lowest BCUT2D eigenvalue weighted by molar-refractivity contribution is 0.864. The molecule has 0 aromatic carbocycles. The Morgan fingerprint density at radius 3 is 1.16 bits per heavy atom. The van der Waals surface area contributed by atoms with Crippen LogP contribution in [0.15, 0.2) is 36.5 Å². The lowest BCUT2D eigenvalue weighted by Gasteiger charge is -2.12. The molecule has 0 radical (unpaired) electrons. The lowest BCUT2D eigenvalue weighted by atomic mass is 9.41. The Kier molecular flexibility index (Phi) is 14.8. The molecule has 1 heteroatoms. The molecule has 0 aromatic rings. The molecule has 0 atom stereocenters. The van der Waals surface area contributed by atoms with E-state index in [-0.39, 0.29) is 0 Å². The van der Waals surface area contributed by atoms with Gasteiger partial charge in [-0.15, -0.1) is 0 Å². The van der Waals surface area contributed by atoms with Crippen LogP contribution in [0.4, 0.5) is 0 Å². The summed E-state index contributed by atoms with van der Waals surface area (Å²) >= 11 is 0. The number of hydrogen-bond acceptors (Lipinski definition) is 0. The summed E-state index contributed by atoms with van der Waals surface area (Å²) in [7, 11) is 0. The van der Waals surface area contributed by atoms with Gasteiger partial charge in [-0.1, -0.05) is 74.7 Å². The molecule has 0 heterocycles. The van der Waals surface area contributed by atoms with Crippen molar-refractivity contribution in [2.75, 3.05) is 0 Å². The van der Waals surface area contributed by atoms with Crippen LogP contribution in [-0.4, -0.2) is 6.71 Å². The molecule has 0 spiro atoms. The van der Waals surface area contributed by atoms with Gasteiger partial charge < -0.3 is 0 Å². The van der Waals surface area contributed by atoms with Crippen LogP contribution in [0.5, 0.6) is 0 Å². The minimum Gasteiger partial charge on any atom is -0.0917 e. The minimum atomic E-state index is 0.945. The highest BCUT2D eigenvalue weighted by Gasteiger charge is 2.11. The van der Waals surface area contributed by atoms with E-state index in [1.807, 2.05) is 0 Å². The van der Waals surface area contributed by atoms with E-state index in [0.29, 0.717) is 0 Å². The smallest absolute Gasteiger partial charge is 0.0917 e. The molecule has 0 saturated carbocycles. The summed E-state index contributed by atoms with van der Waals surface area (Å²) in [5, 5.41) is 0. The molecule has 0 fully saturated rings. The molecule has 0 rings (SSSR count). The van der Waals surface area contributed by atoms with Gasteiger partial charge in [0.2, 0.25) is 0 Å². The van der Waals surface area contributed by atoms with Gasteiger partial charge in [0, 0.05) is 0 Å². The van der Waals surface area contributed by atoms with Crippen molar-refractivity contribution in [2.24, 2.45) is 0 Å². The fourth-order valence-electron chi connectivity index (χ4n) is 2.51. The zero-order valence-corrected chi connectivity index (χ0v) is 13.4. The molecule has 0 N–H and O–H groups in total. The fraction of sp³-hybridized carbons (Fsp3) is 0.667. The monoisotopic (exact) mass is 260 g/mol. The van der Waals surface area contributed by atoms with Crippen LogP contribution < -0.4 is 0 Å². The van der Waals surface area contributed by atoms with E-state index in [9.17, 15) is 0 Å². The maximum absolute atomic E-state index is 2.30. The average molecular weight is 260 g/mol. The van der Waals surface area contributed by atoms with E-state index in [1.165, 1.54) is 57.5 Å². The van der Waals surface area contributed by atoms with Gasteiger partial charge in [-0.3, -0.25) is 0 Å². The molecule has 0 amide bonds. The molecule has 0 unspecified atom stereocenters. The van der Waals surface area contributed by atoms with Gasteiger partial charge in [-0.05, 0) is 40.0 Å². The topological polar surface area (TPSA) is 0 Å². The number of hydrogen-bond donors (Lipinski definition) is 0. The molecule has 0 aliphatic heterocycles. The molecular formula is C18H33B. The van der Waals surface area contributed by atoms with Crippen molar-refractivity contribution in [2.45, 2.75) is 78.3 Å². The molecule has 19 heavy (non-hydrogen) atoms. The molecule has 0 aromatic heterocycles. The van der Waals surface area contributed by atoms with E-state index in [2.05, 4.69) is 57.2 Å². The lowest BCUT2D eigenvalue weighted by Crippen LogP contribution is -2.11. The summed E-state index contributed by atoms with van der Waals surface area (Å²) < 4.78 is 0. The van der Waals surface area contributed by atoms with Gasteiger partial charge in [-0.25, -0.2) is 0 Å². The fourth-order valence-corrected chi connectivity index (χ4v) is 2.51. The van der Waals surface area contributed by atoms with Crippen molar-refractivity contribution >= 4 is 6.71 Å². The van der Waals surface area contributed by atoms with Gasteiger partial charge >= 0.3 is 0 Å². The highest BCUT2D eigenvalue weighted by atomic mass is 13.9. The zero-order chi connectivity index (χ0) is 14.2. The van der Waals surface area contributed by atoms with Crippen LogP contribution in [0.25, 0.3) is 0 Å². The first-order valence-electron chi connectivity index (χ1n) is 8.18. The summed E-state index contributed by atoms with van der Waals surface area (Å²) in [5.41, 5.74) is 0. The van der Waals surface area contributed by atoms with Crippen LogP contribution in [0.3, 0.4) is 0 Å². The quantitative estimate of drug-likeness (QED) is 0.212. The third-order valence-corrected chi connectivity index (χ3v) is 3.66. The predicted molar refractivity (Wildman–Crippen MR) is 92.3 cm³/mol. The Morgan fingerprint density at radius 1 is 0.579 bits per heavy atom. The molecule has 108 valence electrons. The average Bonchev–Trinajstić information content (AvgIpc) is 2.43. The van der Waals surface area contributed by atoms with E-state index in [1.54, 1.807) is 0 Å². The normalized spacial score (nSPS) is 12.2. The van der Waals surface area contributed by atoms with Gasteiger partial charge in [0.25, 0.3) is 0 Å². The van der Waals surface area contributed by atoms with E-state index < -0.39 is 0 Å². The zero-order valence-electron chi connectivity index (χ0n) is 13.4. The summed E-state index contributed by atoms with van der Waals surface area (Å²) in [6, 6.07) is 0. The van der Waals surface area contributed by atoms with Crippen molar-refractivity contribution in [3.05, 3.63) is 36.5 Å². The third kappa shape index (κ3) is 13.5. The Labute approximate surface area is 122 Å². The summed E-state index contributed by atoms with van der Waals surface area (Å²) in [4.78, 5) is 0. The molecule has 0 aliphatic carbocycles. The Hall–Kier alpha value is -0.715. The first-order chi connectivity index (χ1) is 9.35. The second kappa shape index (κ2) is 15.3. The maximum atomic E-state index is 2.30. The first-order valence-corrected chi connectivity index (χ1v) is 8.18. The van der Waals surface area contributed by atoms with Crippen LogP contribution >= 0.6 is 0 Å². The SMILES string of the molecule is C/C=C/CCCB(CCC/C=C/C)CCC/C=C/C. The summed E-state index contributed by atoms with van der Waals surface area (Å²) in [5.74, 6) is 0. The Balaban J connectivity index is 3.84. The van der Waals surface area contributed by atoms with Gasteiger partial charge in [0.15, 0.2) is 0 Å². The maximum Gasteiger partial charge on any atom is 0.139 e. The van der Waals surface area contributed by atoms with Crippen LogP contribution in [0, 0.1) is 0 Å². The third-order valence-electron chi connectivity index (χ3n) is 3.66. The van der Waals surface area contributed by atoms with Crippen molar-refractivity contribution in [3.8, 4) is 0 Å². The van der Waals surface area contributed by atoms with E-state index in [0.717, 1.165) is 6.71 Å². The van der Waals surface area contributed by atoms with Gasteiger partial charge in [0.1, 0.15) is 6.71 Å². The highest BCUT2D eigenvalue weighted by Crippen LogP contribution is 2.17.